The molecule has 0 spiro atoms. The fourth-order valence-corrected chi connectivity index (χ4v) is 2.18. The summed E-state index contributed by atoms with van der Waals surface area (Å²) in [6.45, 7) is 8.20. The first-order chi connectivity index (χ1) is 7.26. The summed E-state index contributed by atoms with van der Waals surface area (Å²) in [4.78, 5) is 3.55. The Balaban J connectivity index is 2.46. The third-order valence-electron chi connectivity index (χ3n) is 2.29. The molecule has 0 aromatic carbocycles. The molecule has 1 aromatic heterocycles. The van der Waals surface area contributed by atoms with Crippen LogP contribution in [0.2, 0.25) is 0 Å². The summed E-state index contributed by atoms with van der Waals surface area (Å²) in [6.07, 6.45) is 2.46. The summed E-state index contributed by atoms with van der Waals surface area (Å²) < 4.78 is 0. The monoisotopic (exact) mass is 225 g/mol. The zero-order valence-electron chi connectivity index (χ0n) is 9.22. The average Bonchev–Trinajstić information content (AvgIpc) is 2.70. The van der Waals surface area contributed by atoms with Gasteiger partial charge in [0.1, 0.15) is 0 Å². The van der Waals surface area contributed by atoms with E-state index in [1.54, 1.807) is 11.3 Å². The Morgan fingerprint density at radius 2 is 2.47 bits per heavy atom. The van der Waals surface area contributed by atoms with Crippen molar-refractivity contribution in [2.75, 3.05) is 13.1 Å². The molecule has 0 fully saturated rings. The van der Waals surface area contributed by atoms with Crippen LogP contribution in [0, 0.1) is 0 Å². The van der Waals surface area contributed by atoms with Crippen molar-refractivity contribution in [2.24, 2.45) is 0 Å². The van der Waals surface area contributed by atoms with E-state index in [-0.39, 0.29) is 6.10 Å². The Hall–Kier alpha value is -0.640. The van der Waals surface area contributed by atoms with Crippen molar-refractivity contribution in [1.82, 2.24) is 4.90 Å². The summed E-state index contributed by atoms with van der Waals surface area (Å²) in [7, 11) is 0. The summed E-state index contributed by atoms with van der Waals surface area (Å²) >= 11 is 1.75. The maximum Gasteiger partial charge on any atom is 0.0664 e. The fourth-order valence-electron chi connectivity index (χ4n) is 1.44. The standard InChI is InChI=1S/C12H19NOS/c1-3-7-13(9-11(14)4-2)10-12-6-5-8-15-12/h3,5-6,8,11,14H,1,4,7,9-10H2,2H3/t11-/m1/s1. The second-order valence-corrected chi connectivity index (χ2v) is 4.66. The molecule has 1 heterocycles. The van der Waals surface area contributed by atoms with Gasteiger partial charge in [-0.2, -0.15) is 0 Å². The lowest BCUT2D eigenvalue weighted by atomic mass is 10.2. The predicted molar refractivity (Wildman–Crippen MR) is 66.1 cm³/mol. The summed E-state index contributed by atoms with van der Waals surface area (Å²) in [5.41, 5.74) is 0. The van der Waals surface area contributed by atoms with Gasteiger partial charge in [-0.1, -0.05) is 19.1 Å². The Morgan fingerprint density at radius 1 is 1.67 bits per heavy atom. The van der Waals surface area contributed by atoms with E-state index in [1.165, 1.54) is 4.88 Å². The molecule has 0 bridgehead atoms. The highest BCUT2D eigenvalue weighted by Gasteiger charge is 2.09. The molecule has 0 aliphatic rings. The van der Waals surface area contributed by atoms with Gasteiger partial charge in [-0.3, -0.25) is 4.90 Å². The Kier molecular flexibility index (Phi) is 5.61. The Bertz CT molecular complexity index is 271. The van der Waals surface area contributed by atoms with Gasteiger partial charge in [0, 0.05) is 24.5 Å². The van der Waals surface area contributed by atoms with Crippen LogP contribution in [0.4, 0.5) is 0 Å². The van der Waals surface area contributed by atoms with Crippen molar-refractivity contribution >= 4 is 11.3 Å². The maximum absolute atomic E-state index is 9.61. The molecule has 15 heavy (non-hydrogen) atoms. The van der Waals surface area contributed by atoms with Crippen LogP contribution in [-0.2, 0) is 6.54 Å². The molecule has 1 N–H and O–H groups in total. The molecule has 0 saturated heterocycles. The quantitative estimate of drug-likeness (QED) is 0.721. The number of aliphatic hydroxyl groups is 1. The lowest BCUT2D eigenvalue weighted by molar-refractivity contribution is 0.112. The molecule has 0 saturated carbocycles. The summed E-state index contributed by atoms with van der Waals surface area (Å²) in [5.74, 6) is 0. The third-order valence-corrected chi connectivity index (χ3v) is 3.15. The van der Waals surface area contributed by atoms with E-state index in [1.807, 2.05) is 13.0 Å². The summed E-state index contributed by atoms with van der Waals surface area (Å²) in [5, 5.41) is 11.7. The Labute approximate surface area is 95.9 Å². The summed E-state index contributed by atoms with van der Waals surface area (Å²) in [6, 6.07) is 4.18. The van der Waals surface area contributed by atoms with Gasteiger partial charge in [0.05, 0.1) is 6.10 Å². The molecular formula is C12H19NOS. The number of aliphatic hydroxyl groups excluding tert-OH is 1. The first kappa shape index (κ1) is 12.4. The van der Waals surface area contributed by atoms with Gasteiger partial charge in [-0.25, -0.2) is 0 Å². The van der Waals surface area contributed by atoms with Gasteiger partial charge < -0.3 is 5.11 Å². The number of nitrogens with zero attached hydrogens (tertiary/aromatic N) is 1. The van der Waals surface area contributed by atoms with Crippen LogP contribution in [0.3, 0.4) is 0 Å². The number of thiophene rings is 1. The van der Waals surface area contributed by atoms with E-state index in [2.05, 4.69) is 29.0 Å². The van der Waals surface area contributed by atoms with Crippen LogP contribution in [0.25, 0.3) is 0 Å². The molecule has 1 atom stereocenters. The topological polar surface area (TPSA) is 23.5 Å². The van der Waals surface area contributed by atoms with Crippen molar-refractivity contribution in [3.63, 3.8) is 0 Å². The highest BCUT2D eigenvalue weighted by Crippen LogP contribution is 2.12. The van der Waals surface area contributed by atoms with Gasteiger partial charge in [0.2, 0.25) is 0 Å². The molecule has 3 heteroatoms. The molecule has 0 unspecified atom stereocenters. The molecule has 1 rings (SSSR count). The first-order valence-corrected chi connectivity index (χ1v) is 6.18. The van der Waals surface area contributed by atoms with E-state index in [4.69, 9.17) is 0 Å². The van der Waals surface area contributed by atoms with E-state index < -0.39 is 0 Å². The minimum absolute atomic E-state index is 0.232. The van der Waals surface area contributed by atoms with Crippen LogP contribution in [-0.4, -0.2) is 29.2 Å². The molecule has 1 aromatic rings. The first-order valence-electron chi connectivity index (χ1n) is 5.30. The minimum Gasteiger partial charge on any atom is -0.392 e. The Morgan fingerprint density at radius 3 is 3.00 bits per heavy atom. The molecule has 0 radical (unpaired) electrons. The van der Waals surface area contributed by atoms with Crippen molar-refractivity contribution in [3.8, 4) is 0 Å². The number of hydrogen-bond donors (Lipinski definition) is 1. The smallest absolute Gasteiger partial charge is 0.0664 e. The number of rotatable bonds is 7. The van der Waals surface area contributed by atoms with Gasteiger partial charge in [-0.05, 0) is 17.9 Å². The second-order valence-electron chi connectivity index (χ2n) is 3.62. The number of hydrogen-bond acceptors (Lipinski definition) is 3. The van der Waals surface area contributed by atoms with E-state index in [0.29, 0.717) is 0 Å². The fraction of sp³-hybridized carbons (Fsp3) is 0.500. The minimum atomic E-state index is -0.232. The van der Waals surface area contributed by atoms with Crippen molar-refractivity contribution in [1.29, 1.82) is 0 Å². The lowest BCUT2D eigenvalue weighted by Gasteiger charge is -2.22. The van der Waals surface area contributed by atoms with E-state index in [0.717, 1.165) is 26.1 Å². The normalized spacial score (nSPS) is 13.0. The predicted octanol–water partition coefficient (Wildman–Crippen LogP) is 2.51. The highest BCUT2D eigenvalue weighted by atomic mass is 32.1. The van der Waals surface area contributed by atoms with Gasteiger partial charge in [0.15, 0.2) is 0 Å². The van der Waals surface area contributed by atoms with Crippen LogP contribution < -0.4 is 0 Å². The van der Waals surface area contributed by atoms with Crippen molar-refractivity contribution < 1.29 is 5.11 Å². The molecule has 0 aliphatic carbocycles. The average molecular weight is 225 g/mol. The largest absolute Gasteiger partial charge is 0.392 e. The van der Waals surface area contributed by atoms with Gasteiger partial charge >= 0.3 is 0 Å². The van der Waals surface area contributed by atoms with E-state index >= 15 is 0 Å². The molecule has 84 valence electrons. The molecule has 0 aliphatic heterocycles. The molecule has 0 amide bonds. The van der Waals surface area contributed by atoms with Crippen LogP contribution in [0.1, 0.15) is 18.2 Å². The van der Waals surface area contributed by atoms with E-state index in [9.17, 15) is 5.11 Å². The van der Waals surface area contributed by atoms with Crippen LogP contribution in [0.5, 0.6) is 0 Å². The third kappa shape index (κ3) is 4.60. The highest BCUT2D eigenvalue weighted by molar-refractivity contribution is 7.09. The SMILES string of the molecule is C=CCN(Cc1cccs1)C[C@H](O)CC. The molecular weight excluding hydrogens is 206 g/mol. The molecule has 2 nitrogen and oxygen atoms in total. The van der Waals surface area contributed by atoms with Crippen LogP contribution in [0.15, 0.2) is 30.2 Å². The van der Waals surface area contributed by atoms with Gasteiger partial charge in [-0.15, -0.1) is 17.9 Å². The van der Waals surface area contributed by atoms with Gasteiger partial charge in [0.25, 0.3) is 0 Å². The van der Waals surface area contributed by atoms with Crippen LogP contribution >= 0.6 is 11.3 Å². The zero-order chi connectivity index (χ0) is 11.1. The van der Waals surface area contributed by atoms with Crippen molar-refractivity contribution in [2.45, 2.75) is 26.0 Å². The lowest BCUT2D eigenvalue weighted by Crippen LogP contribution is -2.31. The maximum atomic E-state index is 9.61. The van der Waals surface area contributed by atoms with Crippen molar-refractivity contribution in [3.05, 3.63) is 35.0 Å². The second kappa shape index (κ2) is 6.77. The zero-order valence-corrected chi connectivity index (χ0v) is 10.0.